The molecule has 0 fully saturated rings. The molecule has 0 bridgehead atoms. The summed E-state index contributed by atoms with van der Waals surface area (Å²) in [5.74, 6) is 0.720. The van der Waals surface area contributed by atoms with Crippen molar-refractivity contribution in [1.82, 2.24) is 10.4 Å². The van der Waals surface area contributed by atoms with Gasteiger partial charge in [-0.2, -0.15) is 0 Å². The van der Waals surface area contributed by atoms with Crippen molar-refractivity contribution in [3.05, 3.63) is 106 Å². The van der Waals surface area contributed by atoms with Gasteiger partial charge in [0.1, 0.15) is 5.75 Å². The summed E-state index contributed by atoms with van der Waals surface area (Å²) in [4.78, 5) is 13.2. The highest BCUT2D eigenvalue weighted by Gasteiger charge is 2.31. The number of methoxy groups -OCH3 is 1. The molecule has 4 nitrogen and oxygen atoms in total. The Hall–Kier alpha value is -3.05. The Morgan fingerprint density at radius 3 is 2.29 bits per heavy atom. The van der Waals surface area contributed by atoms with Crippen molar-refractivity contribution in [2.45, 2.75) is 6.04 Å². The average Bonchev–Trinajstić information content (AvgIpc) is 3.20. The van der Waals surface area contributed by atoms with Crippen LogP contribution in [0, 0.1) is 0 Å². The van der Waals surface area contributed by atoms with Crippen LogP contribution in [0.4, 0.5) is 0 Å². The molecule has 1 unspecified atom stereocenters. The summed E-state index contributed by atoms with van der Waals surface area (Å²) in [5, 5.41) is 1.68. The van der Waals surface area contributed by atoms with Gasteiger partial charge in [0, 0.05) is 10.0 Å². The number of rotatable bonds is 4. The minimum atomic E-state index is -0.210. The van der Waals surface area contributed by atoms with Gasteiger partial charge >= 0.3 is 0 Å². The SMILES string of the molecule is COc1ccc(C2=CC(c3ccc(Br)cc3)N(C(=O)c3ccccc3)N2)cc1. The Bertz CT molecular complexity index is 999. The molecule has 1 N–H and O–H groups in total. The number of amides is 1. The zero-order valence-electron chi connectivity index (χ0n) is 15.3. The van der Waals surface area contributed by atoms with Crippen LogP contribution < -0.4 is 10.2 Å². The highest BCUT2D eigenvalue weighted by molar-refractivity contribution is 9.10. The van der Waals surface area contributed by atoms with Gasteiger partial charge in [-0.1, -0.05) is 46.3 Å². The summed E-state index contributed by atoms with van der Waals surface area (Å²) in [7, 11) is 1.64. The average molecular weight is 435 g/mol. The lowest BCUT2D eigenvalue weighted by atomic mass is 10.0. The molecule has 0 spiro atoms. The predicted octanol–water partition coefficient (Wildman–Crippen LogP) is 5.20. The van der Waals surface area contributed by atoms with E-state index in [0.29, 0.717) is 5.56 Å². The molecule has 1 atom stereocenters. The van der Waals surface area contributed by atoms with E-state index in [1.54, 1.807) is 12.1 Å². The molecule has 0 aliphatic carbocycles. The predicted molar refractivity (Wildman–Crippen MR) is 114 cm³/mol. The number of carbonyl (C=O) groups excluding carboxylic acids is 1. The fourth-order valence-corrected chi connectivity index (χ4v) is 3.47. The minimum absolute atomic E-state index is 0.0757. The quantitative estimate of drug-likeness (QED) is 0.613. The van der Waals surface area contributed by atoms with Crippen LogP contribution in [-0.2, 0) is 0 Å². The minimum Gasteiger partial charge on any atom is -0.497 e. The number of benzene rings is 3. The van der Waals surface area contributed by atoms with E-state index in [-0.39, 0.29) is 11.9 Å². The molecule has 1 heterocycles. The molecule has 3 aromatic rings. The third-order valence-corrected chi connectivity index (χ3v) is 5.22. The summed E-state index contributed by atoms with van der Waals surface area (Å²) in [5.41, 5.74) is 6.85. The zero-order chi connectivity index (χ0) is 19.5. The Balaban J connectivity index is 1.70. The molecule has 0 aromatic heterocycles. The van der Waals surface area contributed by atoms with Crippen molar-refractivity contribution >= 4 is 27.5 Å². The molecule has 1 aliphatic rings. The molecule has 0 radical (unpaired) electrons. The number of hydrogen-bond donors (Lipinski definition) is 1. The van der Waals surface area contributed by atoms with E-state index < -0.39 is 0 Å². The molecule has 0 saturated heterocycles. The van der Waals surface area contributed by atoms with Gasteiger partial charge in [0.2, 0.25) is 0 Å². The van der Waals surface area contributed by atoms with E-state index in [4.69, 9.17) is 4.74 Å². The third-order valence-electron chi connectivity index (χ3n) is 4.70. The molecule has 1 aliphatic heterocycles. The highest BCUT2D eigenvalue weighted by Crippen LogP contribution is 2.33. The first-order chi connectivity index (χ1) is 13.7. The zero-order valence-corrected chi connectivity index (χ0v) is 16.9. The van der Waals surface area contributed by atoms with Gasteiger partial charge in [-0.25, -0.2) is 5.01 Å². The van der Waals surface area contributed by atoms with Crippen molar-refractivity contribution in [1.29, 1.82) is 0 Å². The summed E-state index contributed by atoms with van der Waals surface area (Å²) < 4.78 is 6.24. The summed E-state index contributed by atoms with van der Waals surface area (Å²) in [6, 6.07) is 24.9. The monoisotopic (exact) mass is 434 g/mol. The van der Waals surface area contributed by atoms with Crippen molar-refractivity contribution in [2.24, 2.45) is 0 Å². The second kappa shape index (κ2) is 7.90. The number of halogens is 1. The number of nitrogens with zero attached hydrogens (tertiary/aromatic N) is 1. The molecule has 1 amide bonds. The van der Waals surface area contributed by atoms with E-state index in [0.717, 1.165) is 27.0 Å². The van der Waals surface area contributed by atoms with Gasteiger partial charge < -0.3 is 4.74 Å². The van der Waals surface area contributed by atoms with Crippen molar-refractivity contribution in [3.8, 4) is 5.75 Å². The lowest BCUT2D eigenvalue weighted by Gasteiger charge is -2.25. The fraction of sp³-hybridized carbons (Fsp3) is 0.0870. The standard InChI is InChI=1S/C23H19BrN2O2/c1-28-20-13-9-16(10-14-20)21-15-22(17-7-11-19(24)12-8-17)26(25-21)23(27)18-5-3-2-4-6-18/h2-15,22,25H,1H3. The van der Waals surface area contributed by atoms with E-state index in [1.807, 2.05) is 78.9 Å². The number of hydrogen-bond acceptors (Lipinski definition) is 3. The largest absolute Gasteiger partial charge is 0.497 e. The maximum Gasteiger partial charge on any atom is 0.273 e. The number of carbonyl (C=O) groups is 1. The molecule has 5 heteroatoms. The van der Waals surface area contributed by atoms with Crippen LogP contribution in [-0.4, -0.2) is 18.0 Å². The Morgan fingerprint density at radius 1 is 0.964 bits per heavy atom. The van der Waals surface area contributed by atoms with E-state index in [1.165, 1.54) is 0 Å². The number of hydrazine groups is 1. The lowest BCUT2D eigenvalue weighted by molar-refractivity contribution is 0.0672. The van der Waals surface area contributed by atoms with Crippen LogP contribution in [0.1, 0.15) is 27.5 Å². The van der Waals surface area contributed by atoms with Crippen LogP contribution in [0.25, 0.3) is 5.70 Å². The van der Waals surface area contributed by atoms with Crippen LogP contribution in [0.3, 0.4) is 0 Å². The van der Waals surface area contributed by atoms with Gasteiger partial charge in [-0.15, -0.1) is 0 Å². The van der Waals surface area contributed by atoms with Gasteiger partial charge in [0.15, 0.2) is 0 Å². The van der Waals surface area contributed by atoms with Crippen LogP contribution in [0.2, 0.25) is 0 Å². The molecular formula is C23H19BrN2O2. The first-order valence-corrected chi connectivity index (χ1v) is 9.72. The maximum absolute atomic E-state index is 13.2. The maximum atomic E-state index is 13.2. The van der Waals surface area contributed by atoms with Crippen LogP contribution in [0.5, 0.6) is 5.75 Å². The molecule has 4 rings (SSSR count). The first-order valence-electron chi connectivity index (χ1n) is 8.92. The van der Waals surface area contributed by atoms with Gasteiger partial charge in [-0.3, -0.25) is 10.2 Å². The van der Waals surface area contributed by atoms with Gasteiger partial charge in [0.25, 0.3) is 5.91 Å². The van der Waals surface area contributed by atoms with E-state index in [9.17, 15) is 4.79 Å². The topological polar surface area (TPSA) is 41.6 Å². The third kappa shape index (κ3) is 3.66. The first kappa shape index (κ1) is 18.3. The highest BCUT2D eigenvalue weighted by atomic mass is 79.9. The molecular weight excluding hydrogens is 416 g/mol. The lowest BCUT2D eigenvalue weighted by Crippen LogP contribution is -2.39. The molecule has 3 aromatic carbocycles. The molecule has 28 heavy (non-hydrogen) atoms. The summed E-state index contributed by atoms with van der Waals surface area (Å²) >= 11 is 3.47. The molecule has 140 valence electrons. The van der Waals surface area contributed by atoms with Gasteiger partial charge in [0.05, 0.1) is 18.8 Å². The van der Waals surface area contributed by atoms with E-state index >= 15 is 0 Å². The Morgan fingerprint density at radius 2 is 1.64 bits per heavy atom. The Kier molecular flexibility index (Phi) is 5.17. The number of ether oxygens (including phenoxy) is 1. The fourth-order valence-electron chi connectivity index (χ4n) is 3.20. The van der Waals surface area contributed by atoms with Crippen molar-refractivity contribution in [3.63, 3.8) is 0 Å². The van der Waals surface area contributed by atoms with Crippen LogP contribution in [0.15, 0.2) is 89.4 Å². The van der Waals surface area contributed by atoms with Crippen molar-refractivity contribution < 1.29 is 9.53 Å². The van der Waals surface area contributed by atoms with E-state index in [2.05, 4.69) is 27.4 Å². The number of nitrogens with one attached hydrogen (secondary N) is 1. The van der Waals surface area contributed by atoms with Gasteiger partial charge in [-0.05, 0) is 65.7 Å². The Labute approximate surface area is 172 Å². The molecule has 0 saturated carbocycles. The summed E-state index contributed by atoms with van der Waals surface area (Å²) in [6.07, 6.45) is 2.08. The summed E-state index contributed by atoms with van der Waals surface area (Å²) in [6.45, 7) is 0. The van der Waals surface area contributed by atoms with Crippen LogP contribution >= 0.6 is 15.9 Å². The normalized spacial score (nSPS) is 15.7. The smallest absolute Gasteiger partial charge is 0.273 e. The second-order valence-corrected chi connectivity index (χ2v) is 7.37. The van der Waals surface area contributed by atoms with Crippen molar-refractivity contribution in [2.75, 3.05) is 7.11 Å². The second-order valence-electron chi connectivity index (χ2n) is 6.46.